The van der Waals surface area contributed by atoms with Crippen molar-refractivity contribution in [2.75, 3.05) is 24.3 Å². The molecule has 28 heavy (non-hydrogen) atoms. The number of aliphatic imine (C=N–C) groups is 1. The van der Waals surface area contributed by atoms with Crippen LogP contribution in [0.2, 0.25) is 0 Å². The molecule has 152 valence electrons. The number of nitrogens with two attached hydrogens (primary N) is 1. The summed E-state index contributed by atoms with van der Waals surface area (Å²) in [4.78, 5) is 16.7. The number of nitrogens with one attached hydrogen (secondary N) is 1. The van der Waals surface area contributed by atoms with Crippen molar-refractivity contribution in [3.05, 3.63) is 29.6 Å². The zero-order chi connectivity index (χ0) is 20.1. The second-order valence-corrected chi connectivity index (χ2v) is 10.3. The van der Waals surface area contributed by atoms with Gasteiger partial charge in [-0.15, -0.1) is 0 Å². The van der Waals surface area contributed by atoms with Gasteiger partial charge in [-0.1, -0.05) is 6.42 Å². The lowest BCUT2D eigenvalue weighted by molar-refractivity contribution is -0.122. The van der Waals surface area contributed by atoms with Crippen LogP contribution in [0, 0.1) is 17.7 Å². The first-order chi connectivity index (χ1) is 13.2. The summed E-state index contributed by atoms with van der Waals surface area (Å²) in [5, 5.41) is 2.04. The van der Waals surface area contributed by atoms with Gasteiger partial charge in [0.15, 0.2) is 9.84 Å². The lowest BCUT2D eigenvalue weighted by atomic mass is 9.84. The fourth-order valence-corrected chi connectivity index (χ4v) is 6.37. The Hall–Kier alpha value is -2.00. The number of carbonyl (C=O) groups excluding carboxylic acids is 1. The van der Waals surface area contributed by atoms with E-state index in [1.54, 1.807) is 6.92 Å². The van der Waals surface area contributed by atoms with Crippen molar-refractivity contribution in [1.29, 1.82) is 0 Å². The number of rotatable bonds is 3. The Morgan fingerprint density at radius 3 is 2.79 bits per heavy atom. The molecule has 0 radical (unpaired) electrons. The van der Waals surface area contributed by atoms with E-state index in [0.717, 1.165) is 19.3 Å². The summed E-state index contributed by atoms with van der Waals surface area (Å²) in [6, 6.07) is 4.17. The van der Waals surface area contributed by atoms with Crippen LogP contribution in [0.25, 0.3) is 0 Å². The highest BCUT2D eigenvalue weighted by Gasteiger charge is 2.48. The molecule has 2 unspecified atom stereocenters. The van der Waals surface area contributed by atoms with E-state index in [2.05, 4.69) is 10.3 Å². The number of benzene rings is 1. The standard InChI is InChI=1S/C19H24FN3O4S/c1-19(10-28(25,26)16-9-27-8-13(16)17(21)23-19)14-7-12(5-6-15(14)20)22-18(24)11-3-2-4-11/h5-7,11,13,16H,2-4,8-10H2,1H3,(H2,21,23)(H,22,24)/t13?,16?,19-/m0/s1. The first-order valence-electron chi connectivity index (χ1n) is 9.45. The molecule has 3 aliphatic rings. The van der Waals surface area contributed by atoms with Crippen LogP contribution in [0.5, 0.6) is 0 Å². The average molecular weight is 409 g/mol. The summed E-state index contributed by atoms with van der Waals surface area (Å²) >= 11 is 0. The molecule has 1 amide bonds. The van der Waals surface area contributed by atoms with Crippen molar-refractivity contribution in [2.45, 2.75) is 37.0 Å². The smallest absolute Gasteiger partial charge is 0.227 e. The van der Waals surface area contributed by atoms with Crippen LogP contribution in [-0.4, -0.2) is 44.4 Å². The molecule has 2 aliphatic heterocycles. The number of halogens is 1. The van der Waals surface area contributed by atoms with Gasteiger partial charge in [-0.2, -0.15) is 0 Å². The van der Waals surface area contributed by atoms with Crippen LogP contribution in [0.3, 0.4) is 0 Å². The highest BCUT2D eigenvalue weighted by molar-refractivity contribution is 7.92. The van der Waals surface area contributed by atoms with Crippen molar-refractivity contribution in [3.8, 4) is 0 Å². The third kappa shape index (κ3) is 3.30. The van der Waals surface area contributed by atoms with Gasteiger partial charge >= 0.3 is 0 Å². The highest BCUT2D eigenvalue weighted by atomic mass is 32.2. The lowest BCUT2D eigenvalue weighted by Gasteiger charge is -2.27. The lowest BCUT2D eigenvalue weighted by Crippen LogP contribution is -2.37. The van der Waals surface area contributed by atoms with E-state index >= 15 is 0 Å². The van der Waals surface area contributed by atoms with E-state index in [4.69, 9.17) is 10.5 Å². The van der Waals surface area contributed by atoms with Gasteiger partial charge in [0.2, 0.25) is 5.91 Å². The molecule has 1 aliphatic carbocycles. The number of fused-ring (bicyclic) bond motifs is 1. The average Bonchev–Trinajstić information content (AvgIpc) is 3.02. The Balaban J connectivity index is 1.71. The second kappa shape index (κ2) is 6.81. The number of amidine groups is 1. The van der Waals surface area contributed by atoms with Crippen LogP contribution < -0.4 is 11.1 Å². The maximum Gasteiger partial charge on any atom is 0.227 e. The maximum absolute atomic E-state index is 14.7. The molecule has 2 heterocycles. The quantitative estimate of drug-likeness (QED) is 0.787. The van der Waals surface area contributed by atoms with Gasteiger partial charge in [0.25, 0.3) is 0 Å². The van der Waals surface area contributed by atoms with E-state index in [1.165, 1.54) is 18.2 Å². The highest BCUT2D eigenvalue weighted by Crippen LogP contribution is 2.38. The van der Waals surface area contributed by atoms with Crippen LogP contribution >= 0.6 is 0 Å². The molecule has 4 rings (SSSR count). The van der Waals surface area contributed by atoms with Crippen LogP contribution in [-0.2, 0) is 24.9 Å². The van der Waals surface area contributed by atoms with Crippen molar-refractivity contribution < 1.29 is 22.3 Å². The number of sulfone groups is 1. The molecule has 0 bridgehead atoms. The summed E-state index contributed by atoms with van der Waals surface area (Å²) in [5.41, 5.74) is 5.25. The molecule has 0 spiro atoms. The molecule has 3 N–H and O–H groups in total. The predicted octanol–water partition coefficient (Wildman–Crippen LogP) is 1.58. The summed E-state index contributed by atoms with van der Waals surface area (Å²) < 4.78 is 45.9. The summed E-state index contributed by atoms with van der Waals surface area (Å²) in [6.45, 7) is 1.82. The van der Waals surface area contributed by atoms with E-state index in [-0.39, 0.29) is 42.2 Å². The van der Waals surface area contributed by atoms with Crippen molar-refractivity contribution in [2.24, 2.45) is 22.6 Å². The Bertz CT molecular complexity index is 944. The van der Waals surface area contributed by atoms with Crippen molar-refractivity contribution in [3.63, 3.8) is 0 Å². The summed E-state index contributed by atoms with van der Waals surface area (Å²) in [5.74, 6) is -1.43. The summed E-state index contributed by atoms with van der Waals surface area (Å²) in [6.07, 6.45) is 2.73. The Morgan fingerprint density at radius 1 is 1.36 bits per heavy atom. The number of ether oxygens (including phenoxy) is 1. The topological polar surface area (TPSA) is 111 Å². The van der Waals surface area contributed by atoms with Crippen molar-refractivity contribution >= 4 is 27.3 Å². The van der Waals surface area contributed by atoms with Gasteiger partial charge < -0.3 is 15.8 Å². The molecule has 0 aromatic heterocycles. The predicted molar refractivity (Wildman–Crippen MR) is 103 cm³/mol. The minimum atomic E-state index is -3.62. The van der Waals surface area contributed by atoms with Gasteiger partial charge in [-0.25, -0.2) is 12.8 Å². The number of anilines is 1. The Labute approximate surface area is 163 Å². The molecular weight excluding hydrogens is 385 g/mol. The molecule has 1 saturated heterocycles. The SMILES string of the molecule is C[C@@]1(c2cc(NC(=O)C3CCC3)ccc2F)CS(=O)(=O)C2COCC2C(N)=N1. The van der Waals surface area contributed by atoms with Gasteiger partial charge in [-0.3, -0.25) is 9.79 Å². The molecule has 9 heteroatoms. The maximum atomic E-state index is 14.7. The number of carbonyl (C=O) groups is 1. The second-order valence-electron chi connectivity index (χ2n) is 8.11. The van der Waals surface area contributed by atoms with Gasteiger partial charge in [0.05, 0.1) is 30.1 Å². The fourth-order valence-electron chi connectivity index (χ4n) is 4.13. The number of hydrogen-bond acceptors (Lipinski definition) is 6. The van der Waals surface area contributed by atoms with E-state index in [9.17, 15) is 17.6 Å². The monoisotopic (exact) mass is 409 g/mol. The first-order valence-corrected chi connectivity index (χ1v) is 11.2. The minimum absolute atomic E-state index is 0.0182. The zero-order valence-electron chi connectivity index (χ0n) is 15.7. The molecule has 1 saturated carbocycles. The third-order valence-corrected chi connectivity index (χ3v) is 8.37. The molecule has 7 nitrogen and oxygen atoms in total. The molecular formula is C19H24FN3O4S. The summed E-state index contributed by atoms with van der Waals surface area (Å²) in [7, 11) is -3.62. The number of nitrogens with zero attached hydrogens (tertiary/aromatic N) is 1. The number of hydrogen-bond donors (Lipinski definition) is 2. The number of amides is 1. The van der Waals surface area contributed by atoms with Crippen LogP contribution in [0.1, 0.15) is 31.7 Å². The fraction of sp³-hybridized carbons (Fsp3) is 0.579. The van der Waals surface area contributed by atoms with Gasteiger partial charge in [0, 0.05) is 17.2 Å². The molecule has 2 fully saturated rings. The van der Waals surface area contributed by atoms with Crippen molar-refractivity contribution in [1.82, 2.24) is 0 Å². The first kappa shape index (κ1) is 19.3. The van der Waals surface area contributed by atoms with E-state index < -0.39 is 32.4 Å². The minimum Gasteiger partial charge on any atom is -0.387 e. The zero-order valence-corrected chi connectivity index (χ0v) is 16.5. The third-order valence-electron chi connectivity index (χ3n) is 6.02. The van der Waals surface area contributed by atoms with Crippen LogP contribution in [0.15, 0.2) is 23.2 Å². The molecule has 1 aromatic rings. The Morgan fingerprint density at radius 2 is 2.11 bits per heavy atom. The normalized spacial score (nSPS) is 32.0. The van der Waals surface area contributed by atoms with E-state index in [1.807, 2.05) is 0 Å². The molecule has 3 atom stereocenters. The van der Waals surface area contributed by atoms with Gasteiger partial charge in [-0.05, 0) is 38.0 Å². The van der Waals surface area contributed by atoms with Gasteiger partial charge in [0.1, 0.15) is 17.2 Å². The molecule has 1 aromatic carbocycles. The van der Waals surface area contributed by atoms with Crippen LogP contribution in [0.4, 0.5) is 10.1 Å². The Kier molecular flexibility index (Phi) is 4.70. The van der Waals surface area contributed by atoms with E-state index in [0.29, 0.717) is 5.69 Å². The largest absolute Gasteiger partial charge is 0.387 e.